The van der Waals surface area contributed by atoms with Gasteiger partial charge < -0.3 is 14.9 Å². The first kappa shape index (κ1) is 14.8. The number of para-hydroxylation sites is 2. The Hall–Kier alpha value is -2.74. The van der Waals surface area contributed by atoms with Crippen molar-refractivity contribution in [3.63, 3.8) is 0 Å². The number of sulfonamides is 1. The molecule has 0 spiro atoms. The summed E-state index contributed by atoms with van der Waals surface area (Å²) in [6.07, 6.45) is 0. The van der Waals surface area contributed by atoms with Gasteiger partial charge in [-0.05, 0) is 30.3 Å². The lowest BCUT2D eigenvalue weighted by atomic mass is 10.2. The highest BCUT2D eigenvalue weighted by atomic mass is 32.2. The van der Waals surface area contributed by atoms with Crippen molar-refractivity contribution in [1.82, 2.24) is 9.97 Å². The molecule has 7 nitrogen and oxygen atoms in total. The molecule has 0 saturated heterocycles. The average Bonchev–Trinajstić information content (AvgIpc) is 2.94. The van der Waals surface area contributed by atoms with Gasteiger partial charge in [-0.3, -0.25) is 4.31 Å². The number of nitrogens with zero attached hydrogens (tertiary/aromatic N) is 2. The number of hydrogen-bond acceptors (Lipinski definition) is 4. The van der Waals surface area contributed by atoms with Crippen molar-refractivity contribution in [2.75, 3.05) is 29.3 Å². The Balaban J connectivity index is 1.85. The first-order valence-electron chi connectivity index (χ1n) is 7.52. The number of H-pyrrole nitrogens is 2. The van der Waals surface area contributed by atoms with E-state index in [1.807, 2.05) is 30.1 Å². The van der Waals surface area contributed by atoms with Crippen LogP contribution in [0.3, 0.4) is 0 Å². The molecule has 0 radical (unpaired) electrons. The number of aromatic amines is 2. The van der Waals surface area contributed by atoms with Crippen molar-refractivity contribution >= 4 is 32.4 Å². The molecule has 8 heteroatoms. The fourth-order valence-electron chi connectivity index (χ4n) is 3.03. The Labute approximate surface area is 138 Å². The van der Waals surface area contributed by atoms with Crippen LogP contribution in [-0.4, -0.2) is 38.5 Å². The van der Waals surface area contributed by atoms with Gasteiger partial charge in [-0.1, -0.05) is 12.1 Å². The standard InChI is InChI=1S/C16H16N4O3S/c1-19-8-9-20(15-5-3-2-4-14(15)19)24(22,23)11-6-7-12-13(10-11)18-16(21)17-12/h2-7,10H,8-9H2,1H3,(H2,17,18,21). The summed E-state index contributed by atoms with van der Waals surface area (Å²) in [5, 5.41) is 0. The van der Waals surface area contributed by atoms with Gasteiger partial charge in [-0.2, -0.15) is 0 Å². The van der Waals surface area contributed by atoms with Crippen LogP contribution in [0.4, 0.5) is 11.4 Å². The molecule has 0 atom stereocenters. The van der Waals surface area contributed by atoms with E-state index in [1.54, 1.807) is 12.1 Å². The van der Waals surface area contributed by atoms with Crippen LogP contribution >= 0.6 is 0 Å². The third-order valence-corrected chi connectivity index (χ3v) is 6.08. The van der Waals surface area contributed by atoms with Crippen LogP contribution in [0.15, 0.2) is 52.2 Å². The zero-order valence-electron chi connectivity index (χ0n) is 13.0. The van der Waals surface area contributed by atoms with Crippen LogP contribution in [0, 0.1) is 0 Å². The number of nitrogens with one attached hydrogen (secondary N) is 2. The quantitative estimate of drug-likeness (QED) is 0.737. The van der Waals surface area contributed by atoms with Gasteiger partial charge in [0.05, 0.1) is 33.8 Å². The lowest BCUT2D eigenvalue weighted by Crippen LogP contribution is -2.42. The van der Waals surface area contributed by atoms with E-state index < -0.39 is 10.0 Å². The average molecular weight is 344 g/mol. The van der Waals surface area contributed by atoms with E-state index >= 15 is 0 Å². The summed E-state index contributed by atoms with van der Waals surface area (Å²) in [5.41, 5.74) is 2.24. The first-order chi connectivity index (χ1) is 11.5. The fraction of sp³-hybridized carbons (Fsp3) is 0.188. The molecular formula is C16H16N4O3S. The van der Waals surface area contributed by atoms with Crippen molar-refractivity contribution in [2.24, 2.45) is 0 Å². The van der Waals surface area contributed by atoms with Gasteiger partial charge in [0.15, 0.2) is 0 Å². The topological polar surface area (TPSA) is 89.3 Å². The van der Waals surface area contributed by atoms with Gasteiger partial charge in [-0.15, -0.1) is 0 Å². The number of rotatable bonds is 2. The zero-order valence-corrected chi connectivity index (χ0v) is 13.8. The smallest absolute Gasteiger partial charge is 0.323 e. The third-order valence-electron chi connectivity index (χ3n) is 4.28. The molecule has 24 heavy (non-hydrogen) atoms. The molecular weight excluding hydrogens is 328 g/mol. The molecule has 1 aliphatic heterocycles. The van der Waals surface area contributed by atoms with Gasteiger partial charge >= 0.3 is 5.69 Å². The number of anilines is 2. The Morgan fingerprint density at radius 3 is 2.46 bits per heavy atom. The highest BCUT2D eigenvalue weighted by Crippen LogP contribution is 2.35. The summed E-state index contributed by atoms with van der Waals surface area (Å²) in [6, 6.07) is 12.0. The van der Waals surface area contributed by atoms with Gasteiger partial charge in [0.25, 0.3) is 10.0 Å². The number of fused-ring (bicyclic) bond motifs is 2. The molecule has 0 fully saturated rings. The van der Waals surface area contributed by atoms with Crippen LogP contribution in [0.2, 0.25) is 0 Å². The maximum Gasteiger partial charge on any atom is 0.323 e. The van der Waals surface area contributed by atoms with E-state index in [1.165, 1.54) is 16.4 Å². The highest BCUT2D eigenvalue weighted by Gasteiger charge is 2.30. The molecule has 0 unspecified atom stereocenters. The number of hydrogen-bond donors (Lipinski definition) is 2. The van der Waals surface area contributed by atoms with Crippen molar-refractivity contribution in [2.45, 2.75) is 4.90 Å². The molecule has 1 aliphatic rings. The SMILES string of the molecule is CN1CCN(S(=O)(=O)c2ccc3[nH]c(=O)[nH]c3c2)c2ccccc21. The van der Waals surface area contributed by atoms with E-state index in [2.05, 4.69) is 9.97 Å². The fourth-order valence-corrected chi connectivity index (χ4v) is 4.53. The third kappa shape index (κ3) is 2.18. The zero-order chi connectivity index (χ0) is 16.9. The van der Waals surface area contributed by atoms with Crippen LogP contribution in [0.25, 0.3) is 11.0 Å². The Morgan fingerprint density at radius 2 is 1.67 bits per heavy atom. The molecule has 4 rings (SSSR count). The van der Waals surface area contributed by atoms with Crippen molar-refractivity contribution < 1.29 is 8.42 Å². The Morgan fingerprint density at radius 1 is 0.958 bits per heavy atom. The van der Waals surface area contributed by atoms with Crippen LogP contribution in [0.5, 0.6) is 0 Å². The minimum absolute atomic E-state index is 0.157. The molecule has 0 aliphatic carbocycles. The molecule has 2 heterocycles. The number of aromatic nitrogens is 2. The first-order valence-corrected chi connectivity index (χ1v) is 8.96. The molecule has 2 N–H and O–H groups in total. The summed E-state index contributed by atoms with van der Waals surface area (Å²) in [5.74, 6) is 0. The largest absolute Gasteiger partial charge is 0.371 e. The van der Waals surface area contributed by atoms with E-state index in [9.17, 15) is 13.2 Å². The van der Waals surface area contributed by atoms with Gasteiger partial charge in [0.1, 0.15) is 0 Å². The van der Waals surface area contributed by atoms with E-state index in [0.717, 1.165) is 5.69 Å². The maximum absolute atomic E-state index is 13.1. The Bertz CT molecular complexity index is 1080. The molecule has 0 bridgehead atoms. The molecule has 124 valence electrons. The minimum atomic E-state index is -3.71. The van der Waals surface area contributed by atoms with Gasteiger partial charge in [-0.25, -0.2) is 13.2 Å². The number of likely N-dealkylation sites (N-methyl/N-ethyl adjacent to an activating group) is 1. The van der Waals surface area contributed by atoms with Crippen LogP contribution in [-0.2, 0) is 10.0 Å². The van der Waals surface area contributed by atoms with Crippen LogP contribution < -0.4 is 14.9 Å². The minimum Gasteiger partial charge on any atom is -0.371 e. The lowest BCUT2D eigenvalue weighted by Gasteiger charge is -2.36. The van der Waals surface area contributed by atoms with Gasteiger partial charge in [0.2, 0.25) is 0 Å². The monoisotopic (exact) mass is 344 g/mol. The van der Waals surface area contributed by atoms with Crippen molar-refractivity contribution in [3.05, 3.63) is 52.9 Å². The number of imidazole rings is 1. The summed E-state index contributed by atoms with van der Waals surface area (Å²) in [7, 11) is -1.77. The Kier molecular flexibility index (Phi) is 3.17. The predicted molar refractivity (Wildman–Crippen MR) is 93.2 cm³/mol. The maximum atomic E-state index is 13.1. The summed E-state index contributed by atoms with van der Waals surface area (Å²) in [6.45, 7) is 0.983. The second kappa shape index (κ2) is 5.13. The summed E-state index contributed by atoms with van der Waals surface area (Å²) >= 11 is 0. The number of benzene rings is 2. The van der Waals surface area contributed by atoms with E-state index in [-0.39, 0.29) is 10.6 Å². The molecule has 0 saturated carbocycles. The van der Waals surface area contributed by atoms with Crippen molar-refractivity contribution in [1.29, 1.82) is 0 Å². The molecule has 0 amide bonds. The summed E-state index contributed by atoms with van der Waals surface area (Å²) < 4.78 is 27.6. The van der Waals surface area contributed by atoms with Gasteiger partial charge in [0, 0.05) is 13.6 Å². The normalized spacial score (nSPS) is 14.9. The highest BCUT2D eigenvalue weighted by molar-refractivity contribution is 7.92. The van der Waals surface area contributed by atoms with Crippen LogP contribution in [0.1, 0.15) is 0 Å². The lowest BCUT2D eigenvalue weighted by molar-refractivity contribution is 0.589. The molecule has 2 aromatic carbocycles. The summed E-state index contributed by atoms with van der Waals surface area (Å²) in [4.78, 5) is 18.8. The second-order valence-corrected chi connectivity index (χ2v) is 7.64. The van der Waals surface area contributed by atoms with Crippen molar-refractivity contribution in [3.8, 4) is 0 Å². The predicted octanol–water partition coefficient (Wildman–Crippen LogP) is 1.50. The van der Waals surface area contributed by atoms with E-state index in [0.29, 0.717) is 29.8 Å². The molecule has 1 aromatic heterocycles. The van der Waals surface area contributed by atoms with E-state index in [4.69, 9.17) is 0 Å². The second-order valence-electron chi connectivity index (χ2n) is 5.77. The molecule has 3 aromatic rings.